The number of esters is 1. The van der Waals surface area contributed by atoms with Gasteiger partial charge in [-0.2, -0.15) is 0 Å². The van der Waals surface area contributed by atoms with Gasteiger partial charge in [-0.25, -0.2) is 0 Å². The molecule has 2 N–H and O–H groups in total. The first-order valence-electron chi connectivity index (χ1n) is 12.8. The van der Waals surface area contributed by atoms with Gasteiger partial charge < -0.3 is 15.0 Å². The lowest BCUT2D eigenvalue weighted by atomic mass is 10.0. The van der Waals surface area contributed by atoms with Crippen LogP contribution in [0.1, 0.15) is 22.5 Å². The molecule has 1 aliphatic heterocycles. The van der Waals surface area contributed by atoms with Crippen molar-refractivity contribution >= 4 is 45.3 Å². The van der Waals surface area contributed by atoms with Crippen LogP contribution in [0.5, 0.6) is 0 Å². The Kier molecular flexibility index (Phi) is 6.77. The zero-order valence-corrected chi connectivity index (χ0v) is 22.1. The number of pyridine rings is 1. The van der Waals surface area contributed by atoms with Crippen molar-refractivity contribution in [3.63, 3.8) is 0 Å². The molecular weight excluding hydrogens is 512 g/mol. The highest BCUT2D eigenvalue weighted by atomic mass is 35.5. The molecule has 0 bridgehead atoms. The molecule has 3 heterocycles. The third-order valence-corrected chi connectivity index (χ3v) is 7.61. The van der Waals surface area contributed by atoms with E-state index in [0.29, 0.717) is 30.2 Å². The highest BCUT2D eigenvalue weighted by Crippen LogP contribution is 2.34. The summed E-state index contributed by atoms with van der Waals surface area (Å²) in [6.45, 7) is 1.05. The minimum absolute atomic E-state index is 0.231. The number of nitrogens with zero attached hydrogens (tertiary/aromatic N) is 2. The lowest BCUT2D eigenvalue weighted by Crippen LogP contribution is -2.38. The fraction of sp³-hybridized carbons (Fsp3) is 0.194. The number of aromatic nitrogens is 2. The van der Waals surface area contributed by atoms with Gasteiger partial charge in [-0.15, -0.1) is 0 Å². The first-order chi connectivity index (χ1) is 19.0. The number of aromatic amines is 1. The van der Waals surface area contributed by atoms with Gasteiger partial charge >= 0.3 is 5.97 Å². The number of rotatable bonds is 6. The van der Waals surface area contributed by atoms with Crippen LogP contribution < -0.4 is 5.32 Å². The van der Waals surface area contributed by atoms with Crippen molar-refractivity contribution in [3.05, 3.63) is 101 Å². The van der Waals surface area contributed by atoms with Crippen LogP contribution in [0, 0.1) is 0 Å². The zero-order valence-electron chi connectivity index (χ0n) is 21.4. The summed E-state index contributed by atoms with van der Waals surface area (Å²) in [4.78, 5) is 36.3. The average Bonchev–Trinajstić information content (AvgIpc) is 3.54. The number of nitrogens with one attached hydrogen (secondary N) is 2. The van der Waals surface area contributed by atoms with Crippen molar-refractivity contribution in [2.75, 3.05) is 13.7 Å². The van der Waals surface area contributed by atoms with E-state index in [1.165, 1.54) is 7.11 Å². The Bertz CT molecular complexity index is 1680. The highest BCUT2D eigenvalue weighted by Gasteiger charge is 2.38. The number of para-hydroxylation sites is 1. The first kappa shape index (κ1) is 25.1. The molecule has 196 valence electrons. The molecule has 7 nitrogen and oxygen atoms in total. The summed E-state index contributed by atoms with van der Waals surface area (Å²) in [5.74, 6) is -0.540. The molecule has 0 spiro atoms. The number of halogens is 1. The zero-order chi connectivity index (χ0) is 26.9. The second-order valence-corrected chi connectivity index (χ2v) is 10.2. The largest absolute Gasteiger partial charge is 0.468 e. The van der Waals surface area contributed by atoms with Crippen molar-refractivity contribution in [3.8, 4) is 11.1 Å². The number of amides is 1. The van der Waals surface area contributed by atoms with E-state index in [9.17, 15) is 9.59 Å². The monoisotopic (exact) mass is 538 g/mol. The number of benzene rings is 3. The van der Waals surface area contributed by atoms with Gasteiger partial charge in [0.1, 0.15) is 11.7 Å². The molecule has 0 saturated carbocycles. The predicted molar refractivity (Wildman–Crippen MR) is 153 cm³/mol. The highest BCUT2D eigenvalue weighted by molar-refractivity contribution is 6.31. The van der Waals surface area contributed by atoms with Crippen LogP contribution in [0.2, 0.25) is 5.02 Å². The van der Waals surface area contributed by atoms with E-state index < -0.39 is 6.04 Å². The van der Waals surface area contributed by atoms with Gasteiger partial charge in [0.15, 0.2) is 0 Å². The fourth-order valence-electron chi connectivity index (χ4n) is 5.57. The SMILES string of the molecule is COC(=O)[C@@H]1C[C@H](NC(=O)c2[nH]c3ccc(Cl)cc3c2-c2ccccc2)CN1Cc1ccnc2ccccc12. The Labute approximate surface area is 230 Å². The smallest absolute Gasteiger partial charge is 0.323 e. The molecule has 0 aliphatic carbocycles. The fourth-order valence-corrected chi connectivity index (χ4v) is 5.74. The number of hydrogen-bond donors (Lipinski definition) is 2. The van der Waals surface area contributed by atoms with E-state index in [2.05, 4.69) is 20.2 Å². The van der Waals surface area contributed by atoms with Crippen molar-refractivity contribution in [2.45, 2.75) is 25.0 Å². The van der Waals surface area contributed by atoms with Gasteiger partial charge in [-0.05, 0) is 47.9 Å². The summed E-state index contributed by atoms with van der Waals surface area (Å²) < 4.78 is 5.13. The number of H-pyrrole nitrogens is 1. The van der Waals surface area contributed by atoms with Gasteiger partial charge in [0.05, 0.1) is 12.6 Å². The summed E-state index contributed by atoms with van der Waals surface area (Å²) in [7, 11) is 1.40. The molecule has 0 unspecified atom stereocenters. The molecule has 8 heteroatoms. The summed E-state index contributed by atoms with van der Waals surface area (Å²) in [5.41, 5.74) is 4.98. The molecule has 1 amide bonds. The number of carbonyl (C=O) groups excluding carboxylic acids is 2. The first-order valence-corrected chi connectivity index (χ1v) is 13.2. The number of fused-ring (bicyclic) bond motifs is 2. The Morgan fingerprint density at radius 3 is 2.67 bits per heavy atom. The van der Waals surface area contributed by atoms with Crippen LogP contribution in [0.15, 0.2) is 85.1 Å². The lowest BCUT2D eigenvalue weighted by molar-refractivity contribution is -0.146. The van der Waals surface area contributed by atoms with Gasteiger partial charge in [-0.1, -0.05) is 60.1 Å². The third-order valence-electron chi connectivity index (χ3n) is 7.37. The molecule has 5 aromatic rings. The Morgan fingerprint density at radius 1 is 1.05 bits per heavy atom. The number of methoxy groups -OCH3 is 1. The van der Waals surface area contributed by atoms with E-state index in [4.69, 9.17) is 16.3 Å². The third kappa shape index (κ3) is 4.87. The summed E-state index contributed by atoms with van der Waals surface area (Å²) in [6.07, 6.45) is 2.24. The van der Waals surface area contributed by atoms with Crippen LogP contribution in [0.4, 0.5) is 0 Å². The molecule has 1 aliphatic rings. The maximum atomic E-state index is 13.7. The molecule has 0 radical (unpaired) electrons. The molecule has 2 aromatic heterocycles. The second kappa shape index (κ2) is 10.5. The van der Waals surface area contributed by atoms with Crippen LogP contribution in [0.25, 0.3) is 32.9 Å². The normalized spacial score (nSPS) is 17.5. The number of hydrogen-bond acceptors (Lipinski definition) is 5. The standard InChI is InChI=1S/C31H27ClN4O3/c1-39-31(38)27-16-22(18-36(27)17-20-13-14-33-25-10-6-5-9-23(20)25)34-30(37)29-28(19-7-3-2-4-8-19)24-15-21(32)11-12-26(24)35-29/h2-15,22,27,35H,16-18H2,1H3,(H,34,37)/t22-,27-/m0/s1. The summed E-state index contributed by atoms with van der Waals surface area (Å²) in [5, 5.41) is 5.70. The average molecular weight is 539 g/mol. The number of likely N-dealkylation sites (tertiary alicyclic amines) is 1. The van der Waals surface area contributed by atoms with E-state index in [0.717, 1.165) is 38.5 Å². The Hall–Kier alpha value is -4.20. The topological polar surface area (TPSA) is 87.3 Å². The maximum Gasteiger partial charge on any atom is 0.323 e. The van der Waals surface area contributed by atoms with Gasteiger partial charge in [0.2, 0.25) is 0 Å². The number of ether oxygens (including phenoxy) is 1. The molecule has 2 atom stereocenters. The van der Waals surface area contributed by atoms with Gasteiger partial charge in [-0.3, -0.25) is 19.5 Å². The van der Waals surface area contributed by atoms with Crippen LogP contribution >= 0.6 is 11.6 Å². The molecular formula is C31H27ClN4O3. The van der Waals surface area contributed by atoms with Crippen molar-refractivity contribution in [2.24, 2.45) is 0 Å². The van der Waals surface area contributed by atoms with Gasteiger partial charge in [0, 0.05) is 52.2 Å². The Morgan fingerprint density at radius 2 is 1.85 bits per heavy atom. The van der Waals surface area contributed by atoms with E-state index in [1.807, 2.05) is 72.8 Å². The van der Waals surface area contributed by atoms with Crippen molar-refractivity contribution in [1.29, 1.82) is 0 Å². The van der Waals surface area contributed by atoms with Crippen LogP contribution in [-0.2, 0) is 16.1 Å². The Balaban J connectivity index is 1.29. The van der Waals surface area contributed by atoms with Crippen molar-refractivity contribution in [1.82, 2.24) is 20.2 Å². The van der Waals surface area contributed by atoms with E-state index in [1.54, 1.807) is 12.3 Å². The minimum Gasteiger partial charge on any atom is -0.468 e. The molecule has 6 rings (SSSR count). The second-order valence-electron chi connectivity index (χ2n) is 9.79. The van der Waals surface area contributed by atoms with Crippen LogP contribution in [-0.4, -0.2) is 52.5 Å². The molecule has 1 saturated heterocycles. The molecule has 3 aromatic carbocycles. The maximum absolute atomic E-state index is 13.7. The van der Waals surface area contributed by atoms with Crippen molar-refractivity contribution < 1.29 is 14.3 Å². The molecule has 39 heavy (non-hydrogen) atoms. The quantitative estimate of drug-likeness (QED) is 0.275. The lowest BCUT2D eigenvalue weighted by Gasteiger charge is -2.22. The molecule has 1 fully saturated rings. The van der Waals surface area contributed by atoms with Gasteiger partial charge in [0.25, 0.3) is 5.91 Å². The van der Waals surface area contributed by atoms with E-state index in [-0.39, 0.29) is 17.9 Å². The predicted octanol–water partition coefficient (Wildman–Crippen LogP) is 5.58. The van der Waals surface area contributed by atoms with Crippen LogP contribution in [0.3, 0.4) is 0 Å². The number of carbonyl (C=O) groups is 2. The summed E-state index contributed by atoms with van der Waals surface area (Å²) >= 11 is 6.32. The summed E-state index contributed by atoms with van der Waals surface area (Å²) in [6, 6.07) is 24.5. The minimum atomic E-state index is -0.470. The van der Waals surface area contributed by atoms with E-state index >= 15 is 0 Å².